The molecule has 2 rings (SSSR count). The van der Waals surface area contributed by atoms with E-state index in [0.717, 1.165) is 12.1 Å². The van der Waals surface area contributed by atoms with Crippen molar-refractivity contribution in [2.45, 2.75) is 4.90 Å². The quantitative estimate of drug-likeness (QED) is 0.944. The van der Waals surface area contributed by atoms with Crippen molar-refractivity contribution in [1.82, 2.24) is 0 Å². The molecule has 0 spiro atoms. The number of hydrogen-bond acceptors (Lipinski definition) is 2. The fourth-order valence-electron chi connectivity index (χ4n) is 1.42. The molecule has 7 heteroatoms. The number of nitrogens with one attached hydrogen (secondary N) is 1. The van der Waals surface area contributed by atoms with Gasteiger partial charge < -0.3 is 0 Å². The molecule has 0 heterocycles. The molecular formula is C12H8ClF2NO2S. The minimum Gasteiger partial charge on any atom is -0.280 e. The topological polar surface area (TPSA) is 46.2 Å². The van der Waals surface area contributed by atoms with Crippen LogP contribution in [0, 0.1) is 11.6 Å². The van der Waals surface area contributed by atoms with Gasteiger partial charge in [0.05, 0.1) is 0 Å². The molecule has 0 saturated carbocycles. The molecule has 0 aromatic heterocycles. The van der Waals surface area contributed by atoms with Crippen LogP contribution in [-0.2, 0) is 10.0 Å². The minimum absolute atomic E-state index is 0.230. The molecule has 0 fully saturated rings. The molecule has 2 aromatic carbocycles. The van der Waals surface area contributed by atoms with E-state index < -0.39 is 26.6 Å². The van der Waals surface area contributed by atoms with Crippen molar-refractivity contribution in [3.63, 3.8) is 0 Å². The van der Waals surface area contributed by atoms with E-state index in [2.05, 4.69) is 4.72 Å². The van der Waals surface area contributed by atoms with Crippen LogP contribution < -0.4 is 4.72 Å². The van der Waals surface area contributed by atoms with Gasteiger partial charge in [0.1, 0.15) is 16.5 Å². The molecule has 19 heavy (non-hydrogen) atoms. The number of benzene rings is 2. The van der Waals surface area contributed by atoms with Crippen molar-refractivity contribution in [1.29, 1.82) is 0 Å². The summed E-state index contributed by atoms with van der Waals surface area (Å²) in [5.41, 5.74) is 0.230. The lowest BCUT2D eigenvalue weighted by Crippen LogP contribution is -2.14. The highest BCUT2D eigenvalue weighted by Gasteiger charge is 2.19. The van der Waals surface area contributed by atoms with E-state index in [1.807, 2.05) is 0 Å². The first-order chi connectivity index (χ1) is 8.88. The molecule has 0 bridgehead atoms. The Kier molecular flexibility index (Phi) is 3.73. The van der Waals surface area contributed by atoms with Crippen LogP contribution in [-0.4, -0.2) is 8.42 Å². The van der Waals surface area contributed by atoms with Gasteiger partial charge in [-0.2, -0.15) is 0 Å². The highest BCUT2D eigenvalue weighted by Crippen LogP contribution is 2.20. The maximum absolute atomic E-state index is 13.4. The van der Waals surface area contributed by atoms with E-state index in [0.29, 0.717) is 11.1 Å². The van der Waals surface area contributed by atoms with Crippen LogP contribution in [0.25, 0.3) is 0 Å². The van der Waals surface area contributed by atoms with Crippen molar-refractivity contribution in [2.75, 3.05) is 4.72 Å². The molecule has 0 saturated heterocycles. The zero-order chi connectivity index (χ0) is 14.0. The molecule has 0 unspecified atom stereocenters. The van der Waals surface area contributed by atoms with Gasteiger partial charge in [0, 0.05) is 16.8 Å². The Bertz CT molecular complexity index is 702. The van der Waals surface area contributed by atoms with E-state index >= 15 is 0 Å². The maximum Gasteiger partial charge on any atom is 0.264 e. The number of halogens is 3. The normalized spacial score (nSPS) is 11.3. The second-order valence-corrected chi connectivity index (χ2v) is 5.77. The summed E-state index contributed by atoms with van der Waals surface area (Å²) in [6.07, 6.45) is 0. The Hall–Kier alpha value is -1.66. The Balaban J connectivity index is 2.35. The van der Waals surface area contributed by atoms with E-state index in [4.69, 9.17) is 11.6 Å². The average Bonchev–Trinajstić information content (AvgIpc) is 2.31. The zero-order valence-corrected chi connectivity index (χ0v) is 11.0. The lowest BCUT2D eigenvalue weighted by atomic mass is 10.3. The standard InChI is InChI=1S/C12H8ClF2NO2S/c13-8-1-4-10(5-2-8)16-19(17,18)12-6-3-9(14)7-11(12)15/h1-7,16H. The first-order valence-corrected chi connectivity index (χ1v) is 6.98. The smallest absolute Gasteiger partial charge is 0.264 e. The summed E-state index contributed by atoms with van der Waals surface area (Å²) >= 11 is 5.66. The van der Waals surface area contributed by atoms with Gasteiger partial charge in [0.25, 0.3) is 10.0 Å². The summed E-state index contributed by atoms with van der Waals surface area (Å²) in [4.78, 5) is -0.621. The van der Waals surface area contributed by atoms with Crippen LogP contribution >= 0.6 is 11.6 Å². The monoisotopic (exact) mass is 303 g/mol. The minimum atomic E-state index is -4.11. The predicted octanol–water partition coefficient (Wildman–Crippen LogP) is 3.42. The molecule has 0 atom stereocenters. The fourth-order valence-corrected chi connectivity index (χ4v) is 2.67. The zero-order valence-electron chi connectivity index (χ0n) is 9.40. The molecule has 2 aromatic rings. The van der Waals surface area contributed by atoms with Crippen molar-refractivity contribution >= 4 is 27.3 Å². The van der Waals surface area contributed by atoms with Gasteiger partial charge in [-0.3, -0.25) is 4.72 Å². The number of anilines is 1. The molecule has 0 radical (unpaired) electrons. The van der Waals surface area contributed by atoms with Crippen molar-refractivity contribution in [3.05, 3.63) is 59.1 Å². The lowest BCUT2D eigenvalue weighted by Gasteiger charge is -2.08. The lowest BCUT2D eigenvalue weighted by molar-refractivity contribution is 0.551. The number of sulfonamides is 1. The van der Waals surface area contributed by atoms with Gasteiger partial charge in [0.15, 0.2) is 0 Å². The molecule has 0 aliphatic heterocycles. The van der Waals surface area contributed by atoms with Gasteiger partial charge in [0.2, 0.25) is 0 Å². The van der Waals surface area contributed by atoms with Crippen LogP contribution in [0.2, 0.25) is 5.02 Å². The summed E-state index contributed by atoms with van der Waals surface area (Å²) in [7, 11) is -4.11. The van der Waals surface area contributed by atoms with Gasteiger partial charge in [-0.05, 0) is 36.4 Å². The SMILES string of the molecule is O=S(=O)(Nc1ccc(Cl)cc1)c1ccc(F)cc1F. The molecule has 1 N–H and O–H groups in total. The van der Waals surface area contributed by atoms with Crippen LogP contribution in [0.15, 0.2) is 47.4 Å². The van der Waals surface area contributed by atoms with Crippen LogP contribution in [0.5, 0.6) is 0 Å². The highest BCUT2D eigenvalue weighted by molar-refractivity contribution is 7.92. The summed E-state index contributed by atoms with van der Waals surface area (Å²) < 4.78 is 52.2. The third-order valence-corrected chi connectivity index (χ3v) is 3.95. The maximum atomic E-state index is 13.4. The average molecular weight is 304 g/mol. The van der Waals surface area contributed by atoms with Gasteiger partial charge in [-0.1, -0.05) is 11.6 Å². The second-order valence-electron chi connectivity index (χ2n) is 3.69. The van der Waals surface area contributed by atoms with Crippen LogP contribution in [0.1, 0.15) is 0 Å². The molecule has 0 aliphatic carbocycles. The van der Waals surface area contributed by atoms with E-state index in [1.54, 1.807) is 0 Å². The summed E-state index contributed by atoms with van der Waals surface area (Å²) in [6, 6.07) is 8.09. The van der Waals surface area contributed by atoms with E-state index in [9.17, 15) is 17.2 Å². The Labute approximate surface area is 113 Å². The molecule has 0 aliphatic rings. The first kappa shape index (κ1) is 13.8. The Morgan fingerprint density at radius 2 is 1.63 bits per heavy atom. The molecule has 3 nitrogen and oxygen atoms in total. The first-order valence-electron chi connectivity index (χ1n) is 5.12. The van der Waals surface area contributed by atoms with Gasteiger partial charge in [-0.25, -0.2) is 17.2 Å². The number of rotatable bonds is 3. The molecule has 100 valence electrons. The third-order valence-electron chi connectivity index (χ3n) is 2.28. The van der Waals surface area contributed by atoms with E-state index in [-0.39, 0.29) is 5.69 Å². The summed E-state index contributed by atoms with van der Waals surface area (Å²) in [6.45, 7) is 0. The Morgan fingerprint density at radius 3 is 2.21 bits per heavy atom. The summed E-state index contributed by atoms with van der Waals surface area (Å²) in [5, 5.41) is 0.441. The van der Waals surface area contributed by atoms with Gasteiger partial charge >= 0.3 is 0 Å². The van der Waals surface area contributed by atoms with Crippen molar-refractivity contribution in [2.24, 2.45) is 0 Å². The Morgan fingerprint density at radius 1 is 1.00 bits per heavy atom. The third kappa shape index (κ3) is 3.21. The fraction of sp³-hybridized carbons (Fsp3) is 0. The van der Waals surface area contributed by atoms with Crippen molar-refractivity contribution in [3.8, 4) is 0 Å². The highest BCUT2D eigenvalue weighted by atomic mass is 35.5. The number of hydrogen-bond donors (Lipinski definition) is 1. The van der Waals surface area contributed by atoms with Gasteiger partial charge in [-0.15, -0.1) is 0 Å². The predicted molar refractivity (Wildman–Crippen MR) is 68.6 cm³/mol. The molecular weight excluding hydrogens is 296 g/mol. The van der Waals surface area contributed by atoms with E-state index in [1.165, 1.54) is 24.3 Å². The molecule has 0 amide bonds. The van der Waals surface area contributed by atoms with Crippen LogP contribution in [0.4, 0.5) is 14.5 Å². The largest absolute Gasteiger partial charge is 0.280 e. The second kappa shape index (κ2) is 5.14. The van der Waals surface area contributed by atoms with Crippen LogP contribution in [0.3, 0.4) is 0 Å². The summed E-state index contributed by atoms with van der Waals surface area (Å²) in [5.74, 6) is -2.00. The van der Waals surface area contributed by atoms with Crippen molar-refractivity contribution < 1.29 is 17.2 Å².